The summed E-state index contributed by atoms with van der Waals surface area (Å²) in [5.74, 6) is -0.134. The molecular weight excluding hydrogens is 479 g/mol. The molecule has 0 aliphatic carbocycles. The Labute approximate surface area is 204 Å². The molecule has 2 aromatic heterocycles. The Kier molecular flexibility index (Phi) is 6.99. The summed E-state index contributed by atoms with van der Waals surface area (Å²) in [6, 6.07) is 9.57. The van der Waals surface area contributed by atoms with Crippen LogP contribution >= 0.6 is 0 Å². The minimum absolute atomic E-state index is 0.0433. The van der Waals surface area contributed by atoms with E-state index in [-0.39, 0.29) is 30.5 Å². The Balaban J connectivity index is 1.33. The second-order valence-electron chi connectivity index (χ2n) is 8.04. The molecule has 0 unspecified atom stereocenters. The van der Waals surface area contributed by atoms with Crippen LogP contribution < -0.4 is 15.0 Å². The fraction of sp³-hybridized carbons (Fsp3) is 0.304. The highest BCUT2D eigenvalue weighted by atomic mass is 19.4. The average Bonchev–Trinajstić information content (AvgIpc) is 2.83. The number of alkyl halides is 3. The van der Waals surface area contributed by atoms with Crippen LogP contribution in [0.1, 0.15) is 27.3 Å². The van der Waals surface area contributed by atoms with Crippen molar-refractivity contribution in [1.82, 2.24) is 25.1 Å². The number of anilines is 2. The van der Waals surface area contributed by atoms with Gasteiger partial charge in [-0.15, -0.1) is 10.2 Å². The molecule has 188 valence electrons. The van der Waals surface area contributed by atoms with Gasteiger partial charge in [0, 0.05) is 43.6 Å². The Morgan fingerprint density at radius 2 is 1.61 bits per heavy atom. The number of hydrogen-bond donors (Lipinski definition) is 1. The van der Waals surface area contributed by atoms with Crippen molar-refractivity contribution in [2.75, 3.05) is 36.4 Å². The standard InChI is InChI=1S/C23H22F3N7O3/c1-14-13-15(2)28-21(27-14)29-22(35)36-19-8-7-18(30-31-19)32-9-11-33(12-10-32)20(34)16-5-3-4-6-17(16)23(24,25)26/h3-8,13H,9-12H2,1-2H3,(H,27,28,29,35). The van der Waals surface area contributed by atoms with Crippen LogP contribution in [0.25, 0.3) is 0 Å². The van der Waals surface area contributed by atoms with Gasteiger partial charge in [0.25, 0.3) is 5.91 Å². The highest BCUT2D eigenvalue weighted by Gasteiger charge is 2.36. The number of amides is 2. The molecule has 1 aliphatic rings. The molecule has 0 atom stereocenters. The van der Waals surface area contributed by atoms with Crippen LogP contribution in [-0.4, -0.2) is 63.2 Å². The van der Waals surface area contributed by atoms with E-state index < -0.39 is 23.7 Å². The molecule has 10 nitrogen and oxygen atoms in total. The van der Waals surface area contributed by atoms with Gasteiger partial charge in [-0.25, -0.2) is 14.8 Å². The number of nitrogens with zero attached hydrogens (tertiary/aromatic N) is 6. The van der Waals surface area contributed by atoms with E-state index in [1.165, 1.54) is 29.2 Å². The molecule has 3 aromatic rings. The molecule has 3 heterocycles. The molecule has 0 saturated carbocycles. The van der Waals surface area contributed by atoms with E-state index in [1.54, 1.807) is 26.0 Å². The second kappa shape index (κ2) is 10.1. The van der Waals surface area contributed by atoms with Crippen molar-refractivity contribution in [3.63, 3.8) is 0 Å². The normalized spacial score (nSPS) is 13.9. The third-order valence-electron chi connectivity index (χ3n) is 5.37. The van der Waals surface area contributed by atoms with Crippen LogP contribution in [0.15, 0.2) is 42.5 Å². The van der Waals surface area contributed by atoms with Gasteiger partial charge in [0.15, 0.2) is 5.82 Å². The van der Waals surface area contributed by atoms with Crippen molar-refractivity contribution < 1.29 is 27.5 Å². The van der Waals surface area contributed by atoms with Gasteiger partial charge in [0.2, 0.25) is 11.8 Å². The number of piperazine rings is 1. The number of carbonyl (C=O) groups is 2. The fourth-order valence-corrected chi connectivity index (χ4v) is 3.76. The smallest absolute Gasteiger partial charge is 0.389 e. The summed E-state index contributed by atoms with van der Waals surface area (Å²) in [6.07, 6.45) is -5.44. The molecule has 0 radical (unpaired) electrons. The number of carbonyl (C=O) groups excluding carboxylic acids is 2. The van der Waals surface area contributed by atoms with Gasteiger partial charge in [-0.2, -0.15) is 13.2 Å². The number of hydrogen-bond acceptors (Lipinski definition) is 8. The monoisotopic (exact) mass is 501 g/mol. The molecule has 13 heteroatoms. The molecular formula is C23H22F3N7O3. The molecule has 4 rings (SSSR count). The Bertz CT molecular complexity index is 1240. The van der Waals surface area contributed by atoms with Crippen molar-refractivity contribution >= 4 is 23.8 Å². The van der Waals surface area contributed by atoms with Crippen molar-refractivity contribution in [2.24, 2.45) is 0 Å². The summed E-state index contributed by atoms with van der Waals surface area (Å²) in [5, 5.41) is 10.4. The quantitative estimate of drug-likeness (QED) is 0.578. The fourth-order valence-electron chi connectivity index (χ4n) is 3.76. The van der Waals surface area contributed by atoms with Crippen LogP contribution in [-0.2, 0) is 6.18 Å². The summed E-state index contributed by atoms with van der Waals surface area (Å²) in [6.45, 7) is 4.66. The van der Waals surface area contributed by atoms with E-state index in [0.717, 1.165) is 6.07 Å². The third kappa shape index (κ3) is 5.85. The summed E-state index contributed by atoms with van der Waals surface area (Å²) in [4.78, 5) is 36.2. The minimum atomic E-state index is -4.61. The summed E-state index contributed by atoms with van der Waals surface area (Å²) in [5.41, 5.74) is 0.0536. The first-order chi connectivity index (χ1) is 17.1. The van der Waals surface area contributed by atoms with Crippen molar-refractivity contribution in [3.8, 4) is 5.88 Å². The highest BCUT2D eigenvalue weighted by Crippen LogP contribution is 2.32. The first kappa shape index (κ1) is 24.8. The molecule has 0 spiro atoms. The maximum atomic E-state index is 13.3. The molecule has 1 saturated heterocycles. The molecule has 2 amide bonds. The lowest BCUT2D eigenvalue weighted by Crippen LogP contribution is -2.49. The first-order valence-electron chi connectivity index (χ1n) is 11.0. The van der Waals surface area contributed by atoms with Gasteiger partial charge in [-0.05, 0) is 38.1 Å². The van der Waals surface area contributed by atoms with E-state index in [0.29, 0.717) is 30.3 Å². The molecule has 1 N–H and O–H groups in total. The lowest BCUT2D eigenvalue weighted by Gasteiger charge is -2.35. The van der Waals surface area contributed by atoms with E-state index >= 15 is 0 Å². The van der Waals surface area contributed by atoms with Gasteiger partial charge in [0.05, 0.1) is 11.1 Å². The lowest BCUT2D eigenvalue weighted by molar-refractivity contribution is -0.138. The first-order valence-corrected chi connectivity index (χ1v) is 11.0. The van der Waals surface area contributed by atoms with Crippen molar-refractivity contribution in [3.05, 3.63) is 65.0 Å². The predicted octanol–water partition coefficient (Wildman–Crippen LogP) is 3.48. The zero-order chi connectivity index (χ0) is 25.9. The number of aromatic nitrogens is 4. The molecule has 36 heavy (non-hydrogen) atoms. The Morgan fingerprint density at radius 1 is 0.944 bits per heavy atom. The van der Waals surface area contributed by atoms with Gasteiger partial charge in [-0.3, -0.25) is 10.1 Å². The Hall–Kier alpha value is -4.29. The topological polar surface area (TPSA) is 113 Å². The van der Waals surface area contributed by atoms with E-state index in [4.69, 9.17) is 4.74 Å². The number of ether oxygens (including phenoxy) is 1. The van der Waals surface area contributed by atoms with Gasteiger partial charge < -0.3 is 14.5 Å². The van der Waals surface area contributed by atoms with E-state index in [1.807, 2.05) is 4.90 Å². The van der Waals surface area contributed by atoms with Crippen LogP contribution in [0.2, 0.25) is 0 Å². The van der Waals surface area contributed by atoms with E-state index in [2.05, 4.69) is 25.5 Å². The van der Waals surface area contributed by atoms with Crippen molar-refractivity contribution in [1.29, 1.82) is 0 Å². The minimum Gasteiger partial charge on any atom is -0.389 e. The second-order valence-corrected chi connectivity index (χ2v) is 8.04. The largest absolute Gasteiger partial charge is 0.420 e. The molecule has 1 aliphatic heterocycles. The van der Waals surface area contributed by atoms with Crippen LogP contribution in [0.5, 0.6) is 5.88 Å². The van der Waals surface area contributed by atoms with Crippen molar-refractivity contribution in [2.45, 2.75) is 20.0 Å². The number of halogens is 3. The zero-order valence-electron chi connectivity index (χ0n) is 19.4. The van der Waals surface area contributed by atoms with Gasteiger partial charge >= 0.3 is 12.3 Å². The van der Waals surface area contributed by atoms with Crippen LogP contribution in [0.3, 0.4) is 0 Å². The molecule has 0 bridgehead atoms. The van der Waals surface area contributed by atoms with Gasteiger partial charge in [0.1, 0.15) is 0 Å². The summed E-state index contributed by atoms with van der Waals surface area (Å²) < 4.78 is 44.9. The van der Waals surface area contributed by atoms with Crippen LogP contribution in [0, 0.1) is 13.8 Å². The predicted molar refractivity (Wildman–Crippen MR) is 123 cm³/mol. The van der Waals surface area contributed by atoms with Crippen LogP contribution in [0.4, 0.5) is 29.7 Å². The van der Waals surface area contributed by atoms with Gasteiger partial charge in [-0.1, -0.05) is 12.1 Å². The highest BCUT2D eigenvalue weighted by molar-refractivity contribution is 5.96. The molecule has 1 aromatic carbocycles. The zero-order valence-corrected chi connectivity index (χ0v) is 19.4. The number of nitrogens with one attached hydrogen (secondary N) is 1. The number of rotatable bonds is 4. The maximum absolute atomic E-state index is 13.3. The number of benzene rings is 1. The lowest BCUT2D eigenvalue weighted by atomic mass is 10.1. The summed E-state index contributed by atoms with van der Waals surface area (Å²) in [7, 11) is 0. The SMILES string of the molecule is Cc1cc(C)nc(NC(=O)Oc2ccc(N3CCN(C(=O)c4ccccc4C(F)(F)F)CC3)nn2)n1. The van der Waals surface area contributed by atoms with E-state index in [9.17, 15) is 22.8 Å². The summed E-state index contributed by atoms with van der Waals surface area (Å²) >= 11 is 0. The maximum Gasteiger partial charge on any atom is 0.420 e. The Morgan fingerprint density at radius 3 is 2.22 bits per heavy atom. The average molecular weight is 501 g/mol. The third-order valence-corrected chi connectivity index (χ3v) is 5.37. The number of aryl methyl sites for hydroxylation is 2. The molecule has 1 fully saturated rings.